The smallest absolute Gasteiger partial charge is 0.227 e. The van der Waals surface area contributed by atoms with Gasteiger partial charge in [-0.1, -0.05) is 19.3 Å². The predicted octanol–water partition coefficient (Wildman–Crippen LogP) is 1.31. The number of nitrogens with one attached hydrogen (secondary N) is 2. The van der Waals surface area contributed by atoms with Crippen LogP contribution in [0, 0.1) is 11.8 Å². The van der Waals surface area contributed by atoms with Crippen LogP contribution in [-0.4, -0.2) is 38.3 Å². The maximum Gasteiger partial charge on any atom is 0.227 e. The van der Waals surface area contributed by atoms with Gasteiger partial charge < -0.3 is 15.4 Å². The average Bonchev–Trinajstić information content (AvgIpc) is 2.88. The van der Waals surface area contributed by atoms with E-state index in [0.717, 1.165) is 0 Å². The monoisotopic (exact) mass is 254 g/mol. The molecule has 2 aliphatic rings. The Bertz CT molecular complexity index is 277. The van der Waals surface area contributed by atoms with Gasteiger partial charge in [-0.3, -0.25) is 4.79 Å². The van der Waals surface area contributed by atoms with Crippen LogP contribution in [0.3, 0.4) is 0 Å². The van der Waals surface area contributed by atoms with Gasteiger partial charge in [0.15, 0.2) is 0 Å². The Hall–Kier alpha value is -0.610. The topological polar surface area (TPSA) is 50.4 Å². The normalized spacial score (nSPS) is 31.2. The van der Waals surface area contributed by atoms with Crippen molar-refractivity contribution >= 4 is 5.91 Å². The van der Waals surface area contributed by atoms with Crippen molar-refractivity contribution in [2.45, 2.75) is 51.1 Å². The van der Waals surface area contributed by atoms with E-state index in [-0.39, 0.29) is 17.9 Å². The fourth-order valence-electron chi connectivity index (χ4n) is 3.18. The molecule has 2 rings (SSSR count). The van der Waals surface area contributed by atoms with Crippen molar-refractivity contribution in [2.75, 3.05) is 20.3 Å². The first-order valence-electron chi connectivity index (χ1n) is 7.27. The number of ether oxygens (including phenoxy) is 1. The lowest BCUT2D eigenvalue weighted by atomic mass is 9.84. The van der Waals surface area contributed by atoms with Crippen LogP contribution in [0.1, 0.15) is 39.0 Å². The van der Waals surface area contributed by atoms with E-state index < -0.39 is 0 Å². The maximum absolute atomic E-state index is 12.2. The Morgan fingerprint density at radius 1 is 1.22 bits per heavy atom. The molecule has 0 aromatic carbocycles. The van der Waals surface area contributed by atoms with Crippen LogP contribution in [0.25, 0.3) is 0 Å². The van der Waals surface area contributed by atoms with E-state index in [4.69, 9.17) is 4.74 Å². The van der Waals surface area contributed by atoms with Crippen LogP contribution < -0.4 is 10.6 Å². The second-order valence-corrected chi connectivity index (χ2v) is 5.73. The van der Waals surface area contributed by atoms with Crippen LogP contribution in [-0.2, 0) is 9.53 Å². The van der Waals surface area contributed by atoms with Crippen molar-refractivity contribution in [3.63, 3.8) is 0 Å². The van der Waals surface area contributed by atoms with Crippen LogP contribution in [0.4, 0.5) is 0 Å². The number of carbonyl (C=O) groups is 1. The molecule has 0 aromatic rings. The molecule has 2 N–H and O–H groups in total. The van der Waals surface area contributed by atoms with Crippen LogP contribution >= 0.6 is 0 Å². The summed E-state index contributed by atoms with van der Waals surface area (Å²) < 4.78 is 5.39. The molecule has 1 amide bonds. The Labute approximate surface area is 110 Å². The standard InChI is InChI=1S/C14H26N2O2/c1-10(11-6-4-3-5-7-11)16-14(17)12-8-18-9-13(12)15-2/h10-13,15H,3-9H2,1-2H3,(H,16,17)/t10-,12?,13?/m1/s1. The van der Waals surface area contributed by atoms with E-state index in [1.165, 1.54) is 32.1 Å². The predicted molar refractivity (Wildman–Crippen MR) is 71.3 cm³/mol. The number of carbonyl (C=O) groups excluding carboxylic acids is 1. The fraction of sp³-hybridized carbons (Fsp3) is 0.929. The first-order chi connectivity index (χ1) is 8.72. The molecule has 0 radical (unpaired) electrons. The first-order valence-corrected chi connectivity index (χ1v) is 7.27. The Morgan fingerprint density at radius 2 is 1.94 bits per heavy atom. The minimum absolute atomic E-state index is 0.0268. The fourth-order valence-corrected chi connectivity index (χ4v) is 3.18. The van der Waals surface area contributed by atoms with Crippen molar-refractivity contribution in [1.29, 1.82) is 0 Å². The summed E-state index contributed by atoms with van der Waals surface area (Å²) in [6.45, 7) is 3.35. The van der Waals surface area contributed by atoms with Gasteiger partial charge in [0.05, 0.1) is 19.1 Å². The Balaban J connectivity index is 1.82. The Kier molecular flexibility index (Phi) is 5.01. The summed E-state index contributed by atoms with van der Waals surface area (Å²) in [5.41, 5.74) is 0. The molecule has 2 fully saturated rings. The van der Waals surface area contributed by atoms with Crippen molar-refractivity contribution in [3.05, 3.63) is 0 Å². The largest absolute Gasteiger partial charge is 0.379 e. The summed E-state index contributed by atoms with van der Waals surface area (Å²) in [6.07, 6.45) is 6.51. The zero-order valence-electron chi connectivity index (χ0n) is 11.6. The lowest BCUT2D eigenvalue weighted by molar-refractivity contribution is -0.126. The van der Waals surface area contributed by atoms with Gasteiger partial charge in [-0.15, -0.1) is 0 Å². The number of likely N-dealkylation sites (N-methyl/N-ethyl adjacent to an activating group) is 1. The van der Waals surface area contributed by atoms with Gasteiger partial charge in [0.2, 0.25) is 5.91 Å². The van der Waals surface area contributed by atoms with Gasteiger partial charge in [0.25, 0.3) is 0 Å². The molecule has 0 spiro atoms. The van der Waals surface area contributed by atoms with E-state index in [2.05, 4.69) is 17.6 Å². The van der Waals surface area contributed by atoms with E-state index in [9.17, 15) is 4.79 Å². The lowest BCUT2D eigenvalue weighted by Gasteiger charge is -2.29. The third-order valence-corrected chi connectivity index (χ3v) is 4.51. The molecule has 3 atom stereocenters. The highest BCUT2D eigenvalue weighted by atomic mass is 16.5. The van der Waals surface area contributed by atoms with E-state index >= 15 is 0 Å². The van der Waals surface area contributed by atoms with Crippen LogP contribution in [0.15, 0.2) is 0 Å². The van der Waals surface area contributed by atoms with Crippen molar-refractivity contribution in [2.24, 2.45) is 11.8 Å². The zero-order chi connectivity index (χ0) is 13.0. The molecule has 1 saturated heterocycles. The highest BCUT2D eigenvalue weighted by Crippen LogP contribution is 2.26. The van der Waals surface area contributed by atoms with Gasteiger partial charge >= 0.3 is 0 Å². The molecular formula is C14H26N2O2. The van der Waals surface area contributed by atoms with Gasteiger partial charge in [0, 0.05) is 12.1 Å². The molecule has 18 heavy (non-hydrogen) atoms. The highest BCUT2D eigenvalue weighted by Gasteiger charge is 2.34. The third kappa shape index (κ3) is 3.23. The Morgan fingerprint density at radius 3 is 2.61 bits per heavy atom. The van der Waals surface area contributed by atoms with E-state index in [1.807, 2.05) is 7.05 Å². The van der Waals surface area contributed by atoms with Crippen molar-refractivity contribution < 1.29 is 9.53 Å². The molecule has 1 saturated carbocycles. The molecule has 0 aromatic heterocycles. The molecule has 2 unspecified atom stereocenters. The minimum atomic E-state index is -0.0268. The zero-order valence-corrected chi connectivity index (χ0v) is 11.6. The summed E-state index contributed by atoms with van der Waals surface area (Å²) in [5.74, 6) is 0.795. The van der Waals surface area contributed by atoms with Gasteiger partial charge in [0.1, 0.15) is 0 Å². The summed E-state index contributed by atoms with van der Waals surface area (Å²) in [5, 5.41) is 6.36. The van der Waals surface area contributed by atoms with Gasteiger partial charge in [-0.25, -0.2) is 0 Å². The van der Waals surface area contributed by atoms with Crippen LogP contribution in [0.2, 0.25) is 0 Å². The maximum atomic E-state index is 12.2. The second kappa shape index (κ2) is 6.53. The molecule has 4 nitrogen and oxygen atoms in total. The third-order valence-electron chi connectivity index (χ3n) is 4.51. The minimum Gasteiger partial charge on any atom is -0.379 e. The summed E-state index contributed by atoms with van der Waals surface area (Å²) in [6, 6.07) is 0.472. The van der Waals surface area contributed by atoms with Crippen molar-refractivity contribution in [1.82, 2.24) is 10.6 Å². The molecular weight excluding hydrogens is 228 g/mol. The number of hydrogen-bond donors (Lipinski definition) is 2. The number of hydrogen-bond acceptors (Lipinski definition) is 3. The first kappa shape index (κ1) is 13.8. The van der Waals surface area contributed by atoms with E-state index in [0.29, 0.717) is 25.2 Å². The highest BCUT2D eigenvalue weighted by molar-refractivity contribution is 5.80. The summed E-state index contributed by atoms with van der Waals surface area (Å²) in [7, 11) is 1.89. The molecule has 104 valence electrons. The van der Waals surface area contributed by atoms with Gasteiger partial charge in [-0.2, -0.15) is 0 Å². The molecule has 1 aliphatic heterocycles. The quantitative estimate of drug-likeness (QED) is 0.795. The summed E-state index contributed by atoms with van der Waals surface area (Å²) >= 11 is 0. The molecule has 1 aliphatic carbocycles. The van der Waals surface area contributed by atoms with E-state index in [1.54, 1.807) is 0 Å². The molecule has 1 heterocycles. The average molecular weight is 254 g/mol. The summed E-state index contributed by atoms with van der Waals surface area (Å²) in [4.78, 5) is 12.2. The SMILES string of the molecule is CNC1COCC1C(=O)N[C@H](C)C1CCCCC1. The second-order valence-electron chi connectivity index (χ2n) is 5.73. The molecule has 0 bridgehead atoms. The van der Waals surface area contributed by atoms with Crippen molar-refractivity contribution in [3.8, 4) is 0 Å². The van der Waals surface area contributed by atoms with Crippen LogP contribution in [0.5, 0.6) is 0 Å². The number of amides is 1. The lowest BCUT2D eigenvalue weighted by Crippen LogP contribution is -2.47. The molecule has 4 heteroatoms. The van der Waals surface area contributed by atoms with Gasteiger partial charge in [-0.05, 0) is 32.7 Å². The number of rotatable bonds is 4.